The number of hydrogen-bond acceptors (Lipinski definition) is 3. The molecule has 0 atom stereocenters. The second-order valence-corrected chi connectivity index (χ2v) is 9.29. The molecule has 0 fully saturated rings. The van der Waals surface area contributed by atoms with Crippen LogP contribution < -0.4 is 0 Å². The van der Waals surface area contributed by atoms with Gasteiger partial charge in [-0.15, -0.1) is 0 Å². The van der Waals surface area contributed by atoms with E-state index in [0.29, 0.717) is 0 Å². The fourth-order valence-corrected chi connectivity index (χ4v) is 4.09. The Labute approximate surface area is 220 Å². The first-order chi connectivity index (χ1) is 17.7. The Hall–Kier alpha value is -4.15. The maximum Gasteiger partial charge on any atom is 0.0965 e. The standard InChI is InChI=1S/C32H24BrN3/c1-23-15-19-27(20-16-23)34-31(24-9-4-2-5-10-24)29-13-8-14-30(36-29)32(25-11-6-3-7-12-25)35-28-21-17-26(33)18-22-28/h2-22H,1H3. The van der Waals surface area contributed by atoms with Gasteiger partial charge in [-0.25, -0.2) is 15.0 Å². The predicted molar refractivity (Wildman–Crippen MR) is 153 cm³/mol. The third kappa shape index (κ3) is 5.73. The Morgan fingerprint density at radius 2 is 0.972 bits per heavy atom. The minimum atomic E-state index is 0.786. The van der Waals surface area contributed by atoms with Crippen molar-refractivity contribution in [3.05, 3.63) is 160 Å². The lowest BCUT2D eigenvalue weighted by Crippen LogP contribution is -2.11. The molecule has 0 saturated heterocycles. The number of benzene rings is 4. The van der Waals surface area contributed by atoms with Gasteiger partial charge in [0.15, 0.2) is 0 Å². The van der Waals surface area contributed by atoms with Crippen LogP contribution in [-0.2, 0) is 0 Å². The summed E-state index contributed by atoms with van der Waals surface area (Å²) in [7, 11) is 0. The molecular formula is C32H24BrN3. The summed E-state index contributed by atoms with van der Waals surface area (Å²) in [5, 5.41) is 0. The van der Waals surface area contributed by atoms with Gasteiger partial charge in [0.1, 0.15) is 0 Å². The minimum absolute atomic E-state index is 0.786. The van der Waals surface area contributed by atoms with E-state index in [2.05, 4.69) is 59.3 Å². The summed E-state index contributed by atoms with van der Waals surface area (Å²) in [6, 6.07) is 42.6. The van der Waals surface area contributed by atoms with Crippen molar-refractivity contribution in [1.29, 1.82) is 0 Å². The third-order valence-corrected chi connectivity index (χ3v) is 6.20. The van der Waals surface area contributed by atoms with Crippen molar-refractivity contribution in [3.8, 4) is 0 Å². The molecule has 174 valence electrons. The van der Waals surface area contributed by atoms with Gasteiger partial charge in [0.25, 0.3) is 0 Å². The number of rotatable bonds is 6. The largest absolute Gasteiger partial charge is 0.246 e. The first kappa shape index (κ1) is 23.6. The summed E-state index contributed by atoms with van der Waals surface area (Å²) in [6.45, 7) is 2.08. The number of aryl methyl sites for hydroxylation is 1. The molecule has 0 saturated carbocycles. The topological polar surface area (TPSA) is 37.6 Å². The second-order valence-electron chi connectivity index (χ2n) is 8.37. The molecule has 0 aliphatic heterocycles. The normalized spacial score (nSPS) is 11.9. The summed E-state index contributed by atoms with van der Waals surface area (Å²) >= 11 is 3.51. The van der Waals surface area contributed by atoms with E-state index in [0.717, 1.165) is 49.8 Å². The minimum Gasteiger partial charge on any atom is -0.246 e. The van der Waals surface area contributed by atoms with Crippen LogP contribution in [0.5, 0.6) is 0 Å². The SMILES string of the molecule is Cc1ccc(N=C(c2ccccc2)c2cccc(C(=Nc3ccc(Br)cc3)c3ccccc3)n2)cc1. The van der Waals surface area contributed by atoms with Gasteiger partial charge in [-0.2, -0.15) is 0 Å². The highest BCUT2D eigenvalue weighted by Gasteiger charge is 2.14. The smallest absolute Gasteiger partial charge is 0.0965 e. The van der Waals surface area contributed by atoms with Crippen molar-refractivity contribution in [2.45, 2.75) is 6.92 Å². The molecule has 4 heteroatoms. The molecule has 0 aliphatic carbocycles. The van der Waals surface area contributed by atoms with Crippen molar-refractivity contribution < 1.29 is 0 Å². The first-order valence-corrected chi connectivity index (χ1v) is 12.5. The number of hydrogen-bond donors (Lipinski definition) is 0. The lowest BCUT2D eigenvalue weighted by molar-refractivity contribution is 1.24. The highest BCUT2D eigenvalue weighted by atomic mass is 79.9. The molecule has 0 amide bonds. The van der Waals surface area contributed by atoms with Crippen LogP contribution in [0.25, 0.3) is 0 Å². The molecule has 0 spiro atoms. The van der Waals surface area contributed by atoms with E-state index in [4.69, 9.17) is 15.0 Å². The Morgan fingerprint density at radius 1 is 0.528 bits per heavy atom. The van der Waals surface area contributed by atoms with Gasteiger partial charge in [-0.3, -0.25) is 0 Å². The number of aliphatic imine (C=N–C) groups is 2. The molecule has 0 bridgehead atoms. The van der Waals surface area contributed by atoms with E-state index in [1.165, 1.54) is 5.56 Å². The monoisotopic (exact) mass is 529 g/mol. The van der Waals surface area contributed by atoms with Gasteiger partial charge in [0.05, 0.1) is 34.2 Å². The van der Waals surface area contributed by atoms with Crippen LogP contribution in [0.3, 0.4) is 0 Å². The molecule has 3 nitrogen and oxygen atoms in total. The summed E-state index contributed by atoms with van der Waals surface area (Å²) in [5.74, 6) is 0. The van der Waals surface area contributed by atoms with Gasteiger partial charge >= 0.3 is 0 Å². The number of nitrogens with zero attached hydrogens (tertiary/aromatic N) is 3. The Bertz CT molecular complexity index is 1390. The highest BCUT2D eigenvalue weighted by molar-refractivity contribution is 9.10. The van der Waals surface area contributed by atoms with Crippen LogP contribution in [0.2, 0.25) is 0 Å². The van der Waals surface area contributed by atoms with Gasteiger partial charge in [-0.05, 0) is 55.5 Å². The average molecular weight is 530 g/mol. The fourth-order valence-electron chi connectivity index (χ4n) is 3.82. The van der Waals surface area contributed by atoms with E-state index in [1.54, 1.807) is 0 Å². The molecule has 4 aromatic carbocycles. The lowest BCUT2D eigenvalue weighted by Gasteiger charge is -2.11. The molecule has 0 unspecified atom stereocenters. The van der Waals surface area contributed by atoms with Crippen LogP contribution in [0.1, 0.15) is 28.1 Å². The zero-order chi connectivity index (χ0) is 24.7. The van der Waals surface area contributed by atoms with Crippen LogP contribution in [0, 0.1) is 6.92 Å². The highest BCUT2D eigenvalue weighted by Crippen LogP contribution is 2.22. The van der Waals surface area contributed by atoms with Crippen molar-refractivity contribution in [3.63, 3.8) is 0 Å². The molecule has 1 heterocycles. The number of halogens is 1. The molecule has 0 radical (unpaired) electrons. The van der Waals surface area contributed by atoms with Crippen molar-refractivity contribution in [2.75, 3.05) is 0 Å². The van der Waals surface area contributed by atoms with E-state index in [1.807, 2.05) is 91.0 Å². The van der Waals surface area contributed by atoms with Gasteiger partial charge in [0, 0.05) is 15.6 Å². The van der Waals surface area contributed by atoms with Crippen LogP contribution in [0.15, 0.2) is 142 Å². The maximum absolute atomic E-state index is 5.08. The summed E-state index contributed by atoms with van der Waals surface area (Å²) in [6.07, 6.45) is 0. The van der Waals surface area contributed by atoms with Gasteiger partial charge in [0.2, 0.25) is 0 Å². The third-order valence-electron chi connectivity index (χ3n) is 5.67. The van der Waals surface area contributed by atoms with Crippen LogP contribution in [-0.4, -0.2) is 16.4 Å². The van der Waals surface area contributed by atoms with Gasteiger partial charge in [-0.1, -0.05) is 100 Å². The summed E-state index contributed by atoms with van der Waals surface area (Å²) in [5.41, 5.74) is 8.16. The number of aromatic nitrogens is 1. The molecule has 36 heavy (non-hydrogen) atoms. The Balaban J connectivity index is 1.65. The Morgan fingerprint density at radius 3 is 1.44 bits per heavy atom. The zero-order valence-electron chi connectivity index (χ0n) is 19.8. The molecular weight excluding hydrogens is 506 g/mol. The van der Waals surface area contributed by atoms with E-state index in [9.17, 15) is 0 Å². The molecule has 5 rings (SSSR count). The summed E-state index contributed by atoms with van der Waals surface area (Å²) < 4.78 is 1.02. The first-order valence-electron chi connectivity index (χ1n) is 11.7. The second kappa shape index (κ2) is 11.1. The fraction of sp³-hybridized carbons (Fsp3) is 0.0312. The maximum atomic E-state index is 5.08. The predicted octanol–water partition coefficient (Wildman–Crippen LogP) is 8.49. The molecule has 0 aliphatic rings. The number of pyridine rings is 1. The van der Waals surface area contributed by atoms with Crippen LogP contribution in [0.4, 0.5) is 11.4 Å². The summed E-state index contributed by atoms with van der Waals surface area (Å²) in [4.78, 5) is 15.1. The average Bonchev–Trinajstić information content (AvgIpc) is 2.93. The van der Waals surface area contributed by atoms with Crippen molar-refractivity contribution in [2.24, 2.45) is 9.98 Å². The Kier molecular flexibility index (Phi) is 7.25. The van der Waals surface area contributed by atoms with E-state index < -0.39 is 0 Å². The molecule has 1 aromatic heterocycles. The van der Waals surface area contributed by atoms with E-state index in [-0.39, 0.29) is 0 Å². The van der Waals surface area contributed by atoms with Gasteiger partial charge < -0.3 is 0 Å². The quantitative estimate of drug-likeness (QED) is 0.203. The van der Waals surface area contributed by atoms with Crippen molar-refractivity contribution in [1.82, 2.24) is 4.98 Å². The zero-order valence-corrected chi connectivity index (χ0v) is 21.4. The van der Waals surface area contributed by atoms with Crippen LogP contribution >= 0.6 is 15.9 Å². The van der Waals surface area contributed by atoms with Crippen molar-refractivity contribution >= 4 is 38.7 Å². The molecule has 5 aromatic rings. The molecule has 0 N–H and O–H groups in total. The lowest BCUT2D eigenvalue weighted by atomic mass is 10.0. The van der Waals surface area contributed by atoms with E-state index >= 15 is 0 Å².